The maximum absolute atomic E-state index is 13.6. The number of rotatable bonds is 9. The first-order chi connectivity index (χ1) is 20.4. The zero-order chi connectivity index (χ0) is 31.3. The van der Waals surface area contributed by atoms with Crippen molar-refractivity contribution in [3.63, 3.8) is 0 Å². The molecule has 0 saturated heterocycles. The monoisotopic (exact) mass is 642 g/mol. The molecule has 0 saturated carbocycles. The summed E-state index contributed by atoms with van der Waals surface area (Å²) in [5.74, 6) is -2.13. The summed E-state index contributed by atoms with van der Waals surface area (Å²) in [4.78, 5) is 29.4. The quantitative estimate of drug-likeness (QED) is 0.237. The molecule has 3 aromatic carbocycles. The Morgan fingerprint density at radius 1 is 0.953 bits per heavy atom. The van der Waals surface area contributed by atoms with Crippen LogP contribution in [0.15, 0.2) is 93.9 Å². The third-order valence-electron chi connectivity index (χ3n) is 6.80. The molecule has 1 aliphatic rings. The minimum Gasteiger partial charge on any atom is -0.368 e. The van der Waals surface area contributed by atoms with Gasteiger partial charge in [-0.25, -0.2) is 23.1 Å². The van der Waals surface area contributed by atoms with Crippen molar-refractivity contribution < 1.29 is 18.0 Å². The van der Waals surface area contributed by atoms with E-state index in [1.54, 1.807) is 26.0 Å². The van der Waals surface area contributed by atoms with Crippen molar-refractivity contribution in [1.82, 2.24) is 15.0 Å². The molecule has 0 aromatic heterocycles. The van der Waals surface area contributed by atoms with Gasteiger partial charge in [0.05, 0.1) is 17.2 Å². The number of carbonyl (C=O) groups excluding carboxylic acids is 2. The Bertz CT molecular complexity index is 1630. The maximum Gasteiger partial charge on any atom is 0.264 e. The van der Waals surface area contributed by atoms with Crippen molar-refractivity contribution in [1.29, 1.82) is 0 Å². The van der Waals surface area contributed by atoms with Crippen LogP contribution >= 0.6 is 23.2 Å². The number of halogens is 2. The summed E-state index contributed by atoms with van der Waals surface area (Å²) in [5, 5.41) is 9.74. The molecule has 3 aromatic rings. The number of nitrogens with zero attached hydrogens (tertiary/aromatic N) is 3. The lowest BCUT2D eigenvalue weighted by Gasteiger charge is -2.24. The number of nitrogens with two attached hydrogens (primary N) is 1. The van der Waals surface area contributed by atoms with E-state index in [0.717, 1.165) is 11.1 Å². The Labute approximate surface area is 261 Å². The summed E-state index contributed by atoms with van der Waals surface area (Å²) in [6.45, 7) is 5.19. The van der Waals surface area contributed by atoms with Crippen LogP contribution in [-0.4, -0.2) is 55.5 Å². The van der Waals surface area contributed by atoms with E-state index in [1.165, 1.54) is 36.2 Å². The summed E-state index contributed by atoms with van der Waals surface area (Å²) < 4.78 is 29.7. The van der Waals surface area contributed by atoms with Crippen LogP contribution in [0.5, 0.6) is 0 Å². The molecule has 13 heteroatoms. The number of guanidine groups is 1. The van der Waals surface area contributed by atoms with E-state index < -0.39 is 33.9 Å². The molecule has 2 amide bonds. The molecule has 0 fully saturated rings. The standard InChI is InChI=1S/C30H32Cl2N6O4S/c1-18(2)26(29(40)34-19(3)28(33)39)35-30(37-43(41,42)24-15-13-23(32)14-16-24)38-17-25(20-7-5-4-6-8-20)27(36-38)21-9-11-22(31)12-10-21/h4-16,18-19,25-26H,17H2,1-3H3,(H2,33,39)(H,34,40)(H,35,37)/t19-,25?,26-/m0/s1. The molecular formula is C30H32Cl2N6O4S. The highest BCUT2D eigenvalue weighted by Gasteiger charge is 2.35. The van der Waals surface area contributed by atoms with Crippen LogP contribution in [-0.2, 0) is 19.6 Å². The van der Waals surface area contributed by atoms with Crippen molar-refractivity contribution in [3.05, 3.63) is 100 Å². The number of hydrogen-bond acceptors (Lipinski definition) is 6. The van der Waals surface area contributed by atoms with Gasteiger partial charge in [0.25, 0.3) is 10.0 Å². The second-order valence-corrected chi connectivity index (χ2v) is 12.9. The topological polar surface area (TPSA) is 146 Å². The molecule has 0 radical (unpaired) electrons. The first-order valence-corrected chi connectivity index (χ1v) is 15.7. The average Bonchev–Trinajstić information content (AvgIpc) is 3.41. The van der Waals surface area contributed by atoms with E-state index in [-0.39, 0.29) is 29.2 Å². The van der Waals surface area contributed by atoms with Gasteiger partial charge in [0.2, 0.25) is 17.8 Å². The van der Waals surface area contributed by atoms with Gasteiger partial charge >= 0.3 is 0 Å². The van der Waals surface area contributed by atoms with Crippen molar-refractivity contribution >= 4 is 56.7 Å². The van der Waals surface area contributed by atoms with Gasteiger partial charge < -0.3 is 11.1 Å². The van der Waals surface area contributed by atoms with Gasteiger partial charge in [-0.2, -0.15) is 5.10 Å². The Morgan fingerprint density at radius 2 is 1.53 bits per heavy atom. The Balaban J connectivity index is 1.82. The van der Waals surface area contributed by atoms with Gasteiger partial charge in [-0.05, 0) is 60.4 Å². The number of primary amides is 1. The van der Waals surface area contributed by atoms with Crippen molar-refractivity contribution in [2.75, 3.05) is 6.54 Å². The zero-order valence-corrected chi connectivity index (χ0v) is 26.1. The maximum atomic E-state index is 13.6. The van der Waals surface area contributed by atoms with Gasteiger partial charge in [0.15, 0.2) is 0 Å². The van der Waals surface area contributed by atoms with Gasteiger partial charge in [0.1, 0.15) is 12.1 Å². The van der Waals surface area contributed by atoms with Gasteiger partial charge in [-0.15, -0.1) is 0 Å². The molecule has 10 nitrogen and oxygen atoms in total. The van der Waals surface area contributed by atoms with Crippen molar-refractivity contribution in [2.24, 2.45) is 21.7 Å². The predicted octanol–water partition coefficient (Wildman–Crippen LogP) is 4.15. The van der Waals surface area contributed by atoms with Crippen molar-refractivity contribution in [3.8, 4) is 0 Å². The Kier molecular flexibility index (Phi) is 10.1. The second kappa shape index (κ2) is 13.6. The predicted molar refractivity (Wildman–Crippen MR) is 169 cm³/mol. The van der Waals surface area contributed by atoms with E-state index in [0.29, 0.717) is 15.8 Å². The smallest absolute Gasteiger partial charge is 0.264 e. The van der Waals surface area contributed by atoms with E-state index in [4.69, 9.17) is 34.0 Å². The van der Waals surface area contributed by atoms with Crippen LogP contribution in [0, 0.1) is 5.92 Å². The summed E-state index contributed by atoms with van der Waals surface area (Å²) in [5.41, 5.74) is 7.74. The number of hydrogen-bond donors (Lipinski definition) is 3. The summed E-state index contributed by atoms with van der Waals surface area (Å²) in [6, 6.07) is 20.4. The third-order valence-corrected chi connectivity index (χ3v) is 8.65. The molecule has 4 N–H and O–H groups in total. The third kappa shape index (κ3) is 7.92. The fourth-order valence-corrected chi connectivity index (χ4v) is 5.68. The number of sulfonamides is 1. The minimum absolute atomic E-state index is 0.0572. The van der Waals surface area contributed by atoms with Crippen LogP contribution in [0.1, 0.15) is 37.8 Å². The number of nitrogens with one attached hydrogen (secondary N) is 2. The minimum atomic E-state index is -4.19. The van der Waals surface area contributed by atoms with Crippen LogP contribution in [0.2, 0.25) is 10.0 Å². The lowest BCUT2D eigenvalue weighted by Crippen LogP contribution is -2.49. The second-order valence-electron chi connectivity index (χ2n) is 10.4. The highest BCUT2D eigenvalue weighted by Crippen LogP contribution is 2.30. The largest absolute Gasteiger partial charge is 0.368 e. The lowest BCUT2D eigenvalue weighted by molar-refractivity contribution is -0.128. The molecule has 43 heavy (non-hydrogen) atoms. The van der Waals surface area contributed by atoms with Crippen LogP contribution < -0.4 is 15.8 Å². The van der Waals surface area contributed by atoms with E-state index in [1.807, 2.05) is 42.5 Å². The molecule has 4 rings (SSSR count). The number of hydrazone groups is 1. The summed E-state index contributed by atoms with van der Waals surface area (Å²) in [6.07, 6.45) is 0. The molecular weight excluding hydrogens is 611 g/mol. The Morgan fingerprint density at radius 3 is 2.09 bits per heavy atom. The van der Waals surface area contributed by atoms with E-state index >= 15 is 0 Å². The summed E-state index contributed by atoms with van der Waals surface area (Å²) >= 11 is 12.1. The SMILES string of the molecule is CC(C)[C@H](N=C(NS(=O)(=O)c1ccc(Cl)cc1)N1CC(c2ccccc2)C(c2ccc(Cl)cc2)=N1)C(=O)N[C@@H](C)C(N)=O. The number of carbonyl (C=O) groups is 2. The van der Waals surface area contributed by atoms with E-state index in [9.17, 15) is 18.0 Å². The molecule has 226 valence electrons. The van der Waals surface area contributed by atoms with Crippen LogP contribution in [0.4, 0.5) is 0 Å². The van der Waals surface area contributed by atoms with Gasteiger partial charge in [-0.3, -0.25) is 9.59 Å². The first kappa shape index (κ1) is 32.0. The van der Waals surface area contributed by atoms with E-state index in [2.05, 4.69) is 15.0 Å². The molecule has 1 aliphatic heterocycles. The zero-order valence-electron chi connectivity index (χ0n) is 23.7. The number of aliphatic imine (C=N–C) groups is 1. The normalized spacial score (nSPS) is 16.9. The summed E-state index contributed by atoms with van der Waals surface area (Å²) in [7, 11) is -4.19. The number of benzene rings is 3. The van der Waals surface area contributed by atoms with Crippen molar-refractivity contribution in [2.45, 2.75) is 43.7 Å². The molecule has 3 atom stereocenters. The first-order valence-electron chi connectivity index (χ1n) is 13.5. The molecule has 1 unspecified atom stereocenters. The van der Waals surface area contributed by atoms with Gasteiger partial charge in [-0.1, -0.05) is 79.5 Å². The Hall–Kier alpha value is -3.93. The fourth-order valence-electron chi connectivity index (χ4n) is 4.41. The van der Waals surface area contributed by atoms with Gasteiger partial charge in [0, 0.05) is 16.0 Å². The number of amides is 2. The molecule has 0 bridgehead atoms. The van der Waals surface area contributed by atoms with Crippen LogP contribution in [0.3, 0.4) is 0 Å². The molecule has 0 spiro atoms. The van der Waals surface area contributed by atoms with Crippen LogP contribution in [0.25, 0.3) is 0 Å². The highest BCUT2D eigenvalue weighted by molar-refractivity contribution is 7.90. The fraction of sp³-hybridized carbons (Fsp3) is 0.267. The molecule has 0 aliphatic carbocycles. The molecule has 1 heterocycles. The highest BCUT2D eigenvalue weighted by atomic mass is 35.5. The lowest BCUT2D eigenvalue weighted by atomic mass is 9.91. The average molecular weight is 644 g/mol.